The molecule has 0 fully saturated rings. The molecule has 0 saturated heterocycles. The Labute approximate surface area is 111 Å². The molecular formula is C11H9F2N5S. The van der Waals surface area contributed by atoms with Crippen LogP contribution in [0.25, 0.3) is 5.70 Å². The van der Waals surface area contributed by atoms with Crippen LogP contribution in [0.5, 0.6) is 0 Å². The van der Waals surface area contributed by atoms with Crippen molar-refractivity contribution >= 4 is 17.5 Å². The van der Waals surface area contributed by atoms with Crippen LogP contribution in [-0.2, 0) is 6.54 Å². The molecule has 0 amide bonds. The van der Waals surface area contributed by atoms with Gasteiger partial charge < -0.3 is 5.73 Å². The third kappa shape index (κ3) is 2.08. The third-order valence-corrected chi connectivity index (χ3v) is 3.45. The SMILES string of the molecule is NCc1nnc2n1NC(c1ccc(F)cc1F)=CS2. The average molecular weight is 281 g/mol. The van der Waals surface area contributed by atoms with Gasteiger partial charge in [0.05, 0.1) is 12.2 Å². The van der Waals surface area contributed by atoms with Crippen molar-refractivity contribution in [2.24, 2.45) is 5.73 Å². The Hall–Kier alpha value is -1.93. The smallest absolute Gasteiger partial charge is 0.214 e. The van der Waals surface area contributed by atoms with Crippen LogP contribution >= 0.6 is 11.8 Å². The van der Waals surface area contributed by atoms with E-state index in [4.69, 9.17) is 5.73 Å². The highest BCUT2D eigenvalue weighted by molar-refractivity contribution is 8.02. The van der Waals surface area contributed by atoms with Crippen molar-refractivity contribution in [3.63, 3.8) is 0 Å². The minimum atomic E-state index is -0.634. The Morgan fingerprint density at radius 1 is 1.32 bits per heavy atom. The van der Waals surface area contributed by atoms with Crippen LogP contribution in [0.4, 0.5) is 8.78 Å². The van der Waals surface area contributed by atoms with Crippen molar-refractivity contribution in [1.29, 1.82) is 0 Å². The lowest BCUT2D eigenvalue weighted by Crippen LogP contribution is -2.21. The highest BCUT2D eigenvalue weighted by Gasteiger charge is 2.19. The van der Waals surface area contributed by atoms with Crippen LogP contribution < -0.4 is 11.2 Å². The van der Waals surface area contributed by atoms with Gasteiger partial charge in [-0.3, -0.25) is 5.43 Å². The molecule has 1 aromatic heterocycles. The van der Waals surface area contributed by atoms with Crippen LogP contribution in [0.2, 0.25) is 0 Å². The highest BCUT2D eigenvalue weighted by Crippen LogP contribution is 2.29. The van der Waals surface area contributed by atoms with Crippen LogP contribution in [0.3, 0.4) is 0 Å². The molecule has 0 spiro atoms. The summed E-state index contributed by atoms with van der Waals surface area (Å²) < 4.78 is 28.2. The Balaban J connectivity index is 1.97. The largest absolute Gasteiger partial charge is 0.324 e. The molecule has 0 atom stereocenters. The predicted molar refractivity (Wildman–Crippen MR) is 67.5 cm³/mol. The highest BCUT2D eigenvalue weighted by atomic mass is 32.2. The van der Waals surface area contributed by atoms with Gasteiger partial charge in [0.1, 0.15) is 11.6 Å². The van der Waals surface area contributed by atoms with Gasteiger partial charge in [0.2, 0.25) is 5.16 Å². The summed E-state index contributed by atoms with van der Waals surface area (Å²) in [5, 5.41) is 10.1. The first-order valence-corrected chi connectivity index (χ1v) is 6.30. The van der Waals surface area contributed by atoms with Gasteiger partial charge in [0.15, 0.2) is 5.82 Å². The van der Waals surface area contributed by atoms with Gasteiger partial charge in [0.25, 0.3) is 0 Å². The van der Waals surface area contributed by atoms with E-state index in [1.807, 2.05) is 0 Å². The monoisotopic (exact) mass is 281 g/mol. The van der Waals surface area contributed by atoms with E-state index in [0.717, 1.165) is 6.07 Å². The van der Waals surface area contributed by atoms with E-state index in [-0.39, 0.29) is 12.1 Å². The molecule has 0 radical (unpaired) electrons. The summed E-state index contributed by atoms with van der Waals surface area (Å²) in [5.74, 6) is -0.710. The summed E-state index contributed by atoms with van der Waals surface area (Å²) >= 11 is 1.29. The maximum atomic E-state index is 13.7. The van der Waals surface area contributed by atoms with Gasteiger partial charge in [-0.15, -0.1) is 10.2 Å². The van der Waals surface area contributed by atoms with E-state index in [0.29, 0.717) is 16.7 Å². The summed E-state index contributed by atoms with van der Waals surface area (Å²) in [6.45, 7) is 0.208. The fourth-order valence-corrected chi connectivity index (χ4v) is 2.46. The van der Waals surface area contributed by atoms with Gasteiger partial charge in [-0.05, 0) is 12.1 Å². The van der Waals surface area contributed by atoms with E-state index < -0.39 is 11.6 Å². The van der Waals surface area contributed by atoms with Crippen molar-refractivity contribution in [3.8, 4) is 0 Å². The fourth-order valence-electron chi connectivity index (χ4n) is 1.71. The molecule has 19 heavy (non-hydrogen) atoms. The van der Waals surface area contributed by atoms with Gasteiger partial charge >= 0.3 is 0 Å². The summed E-state index contributed by atoms with van der Waals surface area (Å²) in [5.41, 5.74) is 9.28. The second-order valence-electron chi connectivity index (χ2n) is 3.82. The molecule has 2 aromatic rings. The average Bonchev–Trinajstić information content (AvgIpc) is 2.80. The number of fused-ring (bicyclic) bond motifs is 1. The first-order chi connectivity index (χ1) is 9.19. The lowest BCUT2D eigenvalue weighted by atomic mass is 10.1. The Kier molecular flexibility index (Phi) is 2.96. The van der Waals surface area contributed by atoms with Crippen molar-refractivity contribution < 1.29 is 8.78 Å². The number of rotatable bonds is 2. The number of nitrogens with one attached hydrogen (secondary N) is 1. The van der Waals surface area contributed by atoms with Crippen molar-refractivity contribution in [2.75, 3.05) is 5.43 Å². The Morgan fingerprint density at radius 2 is 2.16 bits per heavy atom. The molecular weight excluding hydrogens is 272 g/mol. The first kappa shape index (κ1) is 12.1. The second kappa shape index (κ2) is 4.63. The zero-order valence-corrected chi connectivity index (χ0v) is 10.4. The first-order valence-electron chi connectivity index (χ1n) is 5.42. The molecule has 0 bridgehead atoms. The number of nitrogens with zero attached hydrogens (tertiary/aromatic N) is 3. The predicted octanol–water partition coefficient (Wildman–Crippen LogP) is 1.66. The van der Waals surface area contributed by atoms with Crippen LogP contribution in [0, 0.1) is 11.6 Å². The van der Waals surface area contributed by atoms with E-state index in [1.165, 1.54) is 23.9 Å². The van der Waals surface area contributed by atoms with Crippen LogP contribution in [0.1, 0.15) is 11.4 Å². The van der Waals surface area contributed by atoms with Gasteiger partial charge in [-0.1, -0.05) is 11.8 Å². The molecule has 1 aliphatic rings. The summed E-state index contributed by atoms with van der Waals surface area (Å²) in [4.78, 5) is 0. The van der Waals surface area contributed by atoms with E-state index >= 15 is 0 Å². The maximum Gasteiger partial charge on any atom is 0.214 e. The Bertz CT molecular complexity index is 667. The lowest BCUT2D eigenvalue weighted by molar-refractivity contribution is 0.580. The van der Waals surface area contributed by atoms with E-state index in [9.17, 15) is 8.78 Å². The molecule has 1 aromatic carbocycles. The number of aromatic nitrogens is 3. The normalized spacial score (nSPS) is 13.7. The summed E-state index contributed by atoms with van der Waals surface area (Å²) in [6, 6.07) is 3.42. The fraction of sp³-hybridized carbons (Fsp3) is 0.0909. The molecule has 98 valence electrons. The second-order valence-corrected chi connectivity index (χ2v) is 4.66. The zero-order valence-electron chi connectivity index (χ0n) is 9.60. The number of thioether (sulfide) groups is 1. The topological polar surface area (TPSA) is 68.8 Å². The van der Waals surface area contributed by atoms with Gasteiger partial charge in [-0.2, -0.15) is 0 Å². The minimum absolute atomic E-state index is 0.208. The van der Waals surface area contributed by atoms with E-state index in [1.54, 1.807) is 10.1 Å². The molecule has 0 saturated carbocycles. The maximum absolute atomic E-state index is 13.7. The Morgan fingerprint density at radius 3 is 2.89 bits per heavy atom. The van der Waals surface area contributed by atoms with Gasteiger partial charge in [-0.25, -0.2) is 13.5 Å². The molecule has 1 aliphatic heterocycles. The third-order valence-electron chi connectivity index (χ3n) is 2.62. The molecule has 8 heteroatoms. The standard InChI is InChI=1S/C11H9F2N5S/c12-6-1-2-7(8(13)3-6)9-5-19-11-16-15-10(4-14)18(11)17-9/h1-3,5,17H,4,14H2. The number of benzene rings is 1. The lowest BCUT2D eigenvalue weighted by Gasteiger charge is -2.19. The van der Waals surface area contributed by atoms with E-state index in [2.05, 4.69) is 15.6 Å². The molecule has 2 heterocycles. The van der Waals surface area contributed by atoms with Crippen LogP contribution in [0.15, 0.2) is 28.8 Å². The zero-order chi connectivity index (χ0) is 13.4. The summed E-state index contributed by atoms with van der Waals surface area (Å²) in [6.07, 6.45) is 0. The van der Waals surface area contributed by atoms with Crippen molar-refractivity contribution in [1.82, 2.24) is 14.9 Å². The summed E-state index contributed by atoms with van der Waals surface area (Å²) in [7, 11) is 0. The minimum Gasteiger partial charge on any atom is -0.324 e. The van der Waals surface area contributed by atoms with Gasteiger partial charge in [0, 0.05) is 17.0 Å². The molecule has 3 N–H and O–H groups in total. The van der Waals surface area contributed by atoms with Crippen molar-refractivity contribution in [2.45, 2.75) is 11.7 Å². The molecule has 0 unspecified atom stereocenters. The quantitative estimate of drug-likeness (QED) is 0.876. The number of halogens is 2. The number of hydrogen-bond donors (Lipinski definition) is 2. The van der Waals surface area contributed by atoms with Crippen LogP contribution in [-0.4, -0.2) is 14.9 Å². The van der Waals surface area contributed by atoms with Crippen molar-refractivity contribution in [3.05, 3.63) is 46.6 Å². The number of hydrogen-bond acceptors (Lipinski definition) is 5. The molecule has 5 nitrogen and oxygen atoms in total. The number of nitrogens with two attached hydrogens (primary N) is 1. The molecule has 0 aliphatic carbocycles. The molecule has 3 rings (SSSR count).